The smallest absolute Gasteiger partial charge is 0.221 e. The van der Waals surface area contributed by atoms with Gasteiger partial charge in [-0.1, -0.05) is 18.6 Å². The number of thiazole rings is 1. The van der Waals surface area contributed by atoms with Gasteiger partial charge in [-0.3, -0.25) is 14.6 Å². The molecule has 28 heavy (non-hydrogen) atoms. The van der Waals surface area contributed by atoms with Crippen molar-refractivity contribution < 1.29 is 53.7 Å². The fourth-order valence-corrected chi connectivity index (χ4v) is 3.95. The van der Waals surface area contributed by atoms with Crippen LogP contribution in [0.1, 0.15) is 29.1 Å². The zero-order valence-electron chi connectivity index (χ0n) is 15.5. The third-order valence-electron chi connectivity index (χ3n) is 4.44. The monoisotopic (exact) mass is 614 g/mol. The Balaban J connectivity index is 0.00000280. The number of para-hydroxylation sites is 1. The Hall–Kier alpha value is -1.08. The Morgan fingerprint density at radius 3 is 2.82 bits per heavy atom. The SMILES string of the molecule is NC(N)=NCCCC(NC(=O)[C@@H]1CC[N-]C1)C(=O)c1nc2ccccc2s1.[Ac]. The van der Waals surface area contributed by atoms with E-state index in [4.69, 9.17) is 11.5 Å². The van der Waals surface area contributed by atoms with Gasteiger partial charge in [0.15, 0.2) is 11.0 Å². The van der Waals surface area contributed by atoms with Crippen molar-refractivity contribution in [3.05, 3.63) is 34.6 Å². The van der Waals surface area contributed by atoms with Gasteiger partial charge in [0, 0.05) is 56.5 Å². The maximum Gasteiger partial charge on any atom is 0.221 e. The largest absolute Gasteiger partial charge is 0.662 e. The number of rotatable bonds is 8. The van der Waals surface area contributed by atoms with Crippen LogP contribution in [0.15, 0.2) is 29.3 Å². The molecule has 1 amide bonds. The summed E-state index contributed by atoms with van der Waals surface area (Å²) >= 11 is 1.34. The van der Waals surface area contributed by atoms with E-state index in [9.17, 15) is 9.59 Å². The number of ketones is 1. The summed E-state index contributed by atoms with van der Waals surface area (Å²) in [6.07, 6.45) is 1.75. The minimum atomic E-state index is -0.645. The number of hydrogen-bond acceptors (Lipinski definition) is 5. The summed E-state index contributed by atoms with van der Waals surface area (Å²) in [7, 11) is 0. The first-order valence-corrected chi connectivity index (χ1v) is 9.75. The number of hydrogen-bond donors (Lipinski definition) is 3. The van der Waals surface area contributed by atoms with Crippen LogP contribution in [0.2, 0.25) is 0 Å². The molecule has 1 saturated heterocycles. The molecule has 1 aromatic carbocycles. The third kappa shape index (κ3) is 6.21. The van der Waals surface area contributed by atoms with Crippen LogP contribution in [0.3, 0.4) is 0 Å². The van der Waals surface area contributed by atoms with Gasteiger partial charge in [-0.2, -0.15) is 0 Å². The molecule has 1 aliphatic heterocycles. The second-order valence-electron chi connectivity index (χ2n) is 6.48. The van der Waals surface area contributed by atoms with Gasteiger partial charge in [-0.05, 0) is 25.0 Å². The van der Waals surface area contributed by atoms with E-state index in [0.29, 0.717) is 37.5 Å². The van der Waals surface area contributed by atoms with Crippen molar-refractivity contribution in [3.63, 3.8) is 0 Å². The number of nitrogens with one attached hydrogen (secondary N) is 1. The van der Waals surface area contributed by atoms with Crippen molar-refractivity contribution >= 4 is 39.2 Å². The average molecular weight is 614 g/mol. The quantitative estimate of drug-likeness (QED) is 0.179. The summed E-state index contributed by atoms with van der Waals surface area (Å²) in [6, 6.07) is 6.94. The molecular weight excluding hydrogens is 591 g/mol. The molecule has 0 spiro atoms. The Morgan fingerprint density at radius 1 is 1.36 bits per heavy atom. The number of aromatic nitrogens is 1. The van der Waals surface area contributed by atoms with Crippen LogP contribution in [0.4, 0.5) is 0 Å². The predicted octanol–water partition coefficient (Wildman–Crippen LogP) is 1.41. The van der Waals surface area contributed by atoms with E-state index in [-0.39, 0.29) is 67.6 Å². The van der Waals surface area contributed by atoms with Crippen molar-refractivity contribution in [1.29, 1.82) is 0 Å². The molecule has 2 aromatic rings. The van der Waals surface area contributed by atoms with Gasteiger partial charge in [0.2, 0.25) is 11.7 Å². The minimum Gasteiger partial charge on any atom is -0.662 e. The molecule has 0 saturated carbocycles. The van der Waals surface area contributed by atoms with Crippen LogP contribution >= 0.6 is 11.3 Å². The number of guanidine groups is 1. The fourth-order valence-electron chi connectivity index (χ4n) is 2.99. The molecular formula is C18H23AcN6O2S-. The molecule has 5 N–H and O–H groups in total. The van der Waals surface area contributed by atoms with Gasteiger partial charge in [0.25, 0.3) is 0 Å². The van der Waals surface area contributed by atoms with Crippen LogP contribution in [0, 0.1) is 50.0 Å². The summed E-state index contributed by atoms with van der Waals surface area (Å²) in [5.74, 6) is -0.448. The van der Waals surface area contributed by atoms with Crippen molar-refractivity contribution in [3.8, 4) is 0 Å². The van der Waals surface area contributed by atoms with E-state index in [0.717, 1.165) is 16.6 Å². The number of aliphatic imine (C=N–C) groups is 1. The van der Waals surface area contributed by atoms with Crippen LogP contribution in [0.25, 0.3) is 15.5 Å². The second kappa shape index (κ2) is 11.2. The predicted molar refractivity (Wildman–Crippen MR) is 107 cm³/mol. The van der Waals surface area contributed by atoms with Gasteiger partial charge in [-0.25, -0.2) is 4.98 Å². The maximum atomic E-state index is 13.0. The molecule has 2 heterocycles. The zero-order valence-corrected chi connectivity index (χ0v) is 21.1. The van der Waals surface area contributed by atoms with Gasteiger partial charge >= 0.3 is 0 Å². The molecule has 8 nitrogen and oxygen atoms in total. The molecule has 1 unspecified atom stereocenters. The number of nitrogens with two attached hydrogens (primary N) is 2. The van der Waals surface area contributed by atoms with Gasteiger partial charge in [-0.15, -0.1) is 24.4 Å². The molecule has 0 aliphatic carbocycles. The standard InChI is InChI=1S/C18H23N6O2S.Ac/c19-18(20)22-8-3-5-13(23-16(26)11-7-9-21-10-11)15(25)17-24-12-4-1-2-6-14(12)27-17;/h1-2,4,6,11,13H,3,5,7-10H2,(H,23,26)(H4,19,20,22);/q-1;/t11-,13?;/m1./s1. The first kappa shape index (κ1) is 23.2. The summed E-state index contributed by atoms with van der Waals surface area (Å²) in [5.41, 5.74) is 11.5. The summed E-state index contributed by atoms with van der Waals surface area (Å²) < 4.78 is 0.945. The van der Waals surface area contributed by atoms with Gasteiger partial charge in [0.05, 0.1) is 16.3 Å². The Bertz CT molecular complexity index is 812. The van der Waals surface area contributed by atoms with Crippen molar-refractivity contribution in [1.82, 2.24) is 10.3 Å². The molecule has 1 aromatic heterocycles. The summed E-state index contributed by atoms with van der Waals surface area (Å²) in [6.45, 7) is 1.61. The van der Waals surface area contributed by atoms with E-state index in [1.54, 1.807) is 0 Å². The van der Waals surface area contributed by atoms with E-state index in [1.807, 2.05) is 24.3 Å². The number of amides is 1. The van der Waals surface area contributed by atoms with Crippen molar-refractivity contribution in [2.75, 3.05) is 19.6 Å². The third-order valence-corrected chi connectivity index (χ3v) is 5.49. The summed E-state index contributed by atoms with van der Waals surface area (Å²) in [5, 5.41) is 7.52. The number of fused-ring (bicyclic) bond motifs is 1. The number of Topliss-reactive ketones (excluding diaryl/α,β-unsaturated/α-hetero) is 1. The minimum absolute atomic E-state index is 0. The van der Waals surface area contributed by atoms with Crippen molar-refractivity contribution in [2.24, 2.45) is 22.4 Å². The molecule has 0 bridgehead atoms. The molecule has 2 atom stereocenters. The van der Waals surface area contributed by atoms with E-state index in [2.05, 4.69) is 20.6 Å². The van der Waals surface area contributed by atoms with E-state index in [1.165, 1.54) is 11.3 Å². The van der Waals surface area contributed by atoms with Crippen LogP contribution in [0.5, 0.6) is 0 Å². The summed E-state index contributed by atoms with van der Waals surface area (Å²) in [4.78, 5) is 33.9. The number of benzene rings is 1. The number of carbonyl (C=O) groups excluding carboxylic acids is 2. The fraction of sp³-hybridized carbons (Fsp3) is 0.444. The van der Waals surface area contributed by atoms with Crippen LogP contribution in [-0.2, 0) is 4.79 Å². The topological polar surface area (TPSA) is 138 Å². The van der Waals surface area contributed by atoms with E-state index >= 15 is 0 Å². The molecule has 3 rings (SSSR count). The second-order valence-corrected chi connectivity index (χ2v) is 7.51. The molecule has 1 radical (unpaired) electrons. The number of nitrogens with zero attached hydrogens (tertiary/aromatic N) is 3. The first-order chi connectivity index (χ1) is 13.0. The first-order valence-electron chi connectivity index (χ1n) is 8.93. The maximum absolute atomic E-state index is 13.0. The van der Waals surface area contributed by atoms with Gasteiger partial charge in [0.1, 0.15) is 0 Å². The Labute approximate surface area is 203 Å². The van der Waals surface area contributed by atoms with Gasteiger partial charge < -0.3 is 22.1 Å². The molecule has 1 fully saturated rings. The van der Waals surface area contributed by atoms with Crippen LogP contribution in [-0.4, -0.2) is 48.3 Å². The van der Waals surface area contributed by atoms with E-state index < -0.39 is 6.04 Å². The van der Waals surface area contributed by atoms with Crippen LogP contribution < -0.4 is 16.8 Å². The zero-order chi connectivity index (χ0) is 19.2. The Kier molecular flexibility index (Phi) is 9.28. The number of carbonyl (C=O) groups is 2. The van der Waals surface area contributed by atoms with Crippen molar-refractivity contribution in [2.45, 2.75) is 25.3 Å². The Morgan fingerprint density at radius 2 is 2.14 bits per heavy atom. The molecule has 147 valence electrons. The average Bonchev–Trinajstić information content (AvgIpc) is 3.32. The molecule has 10 heteroatoms. The molecule has 1 aliphatic rings. The normalized spacial score (nSPS) is 16.9.